The predicted molar refractivity (Wildman–Crippen MR) is 60.4 cm³/mol. The molecule has 17 heavy (non-hydrogen) atoms. The van der Waals surface area contributed by atoms with E-state index in [0.29, 0.717) is 17.1 Å². The number of hydrogen-bond acceptors (Lipinski definition) is 3. The Kier molecular flexibility index (Phi) is 3.17. The quantitative estimate of drug-likeness (QED) is 0.897. The van der Waals surface area contributed by atoms with Gasteiger partial charge >= 0.3 is 6.18 Å². The topological polar surface area (TPSA) is 38.9 Å². The average Bonchev–Trinajstić information content (AvgIpc) is 2.78. The van der Waals surface area contributed by atoms with Gasteiger partial charge in [0.2, 0.25) is 0 Å². The Hall–Kier alpha value is -1.40. The predicted octanol–water partition coefficient (Wildman–Crippen LogP) is 3.29. The molecule has 0 bridgehead atoms. The molecule has 2 nitrogen and oxygen atoms in total. The fraction of sp³-hybridized carbons (Fsp3) is 0.182. The number of rotatable bonds is 2. The fourth-order valence-electron chi connectivity index (χ4n) is 1.37. The molecular formula is C11H9F3N2S. The number of benzene rings is 1. The zero-order valence-electron chi connectivity index (χ0n) is 8.66. The standard InChI is InChI=1S/C11H9F3N2S/c12-11(13,14)9-6-17-10(16-9)8-3-1-2-7(4-8)5-15/h1-4,6H,5,15H2. The molecule has 1 aromatic carbocycles. The van der Waals surface area contributed by atoms with E-state index < -0.39 is 11.9 Å². The Bertz CT molecular complexity index is 519. The first-order valence-electron chi connectivity index (χ1n) is 4.83. The summed E-state index contributed by atoms with van der Waals surface area (Å²) in [7, 11) is 0. The molecule has 2 aromatic rings. The Morgan fingerprint density at radius 1 is 1.29 bits per heavy atom. The van der Waals surface area contributed by atoms with E-state index in [2.05, 4.69) is 4.98 Å². The van der Waals surface area contributed by atoms with Gasteiger partial charge in [0.15, 0.2) is 5.69 Å². The SMILES string of the molecule is NCc1cccc(-c2nc(C(F)(F)F)cs2)c1. The van der Waals surface area contributed by atoms with Gasteiger partial charge in [0.25, 0.3) is 0 Å². The van der Waals surface area contributed by atoms with Gasteiger partial charge in [0, 0.05) is 17.5 Å². The molecule has 0 atom stereocenters. The third-order valence-electron chi connectivity index (χ3n) is 2.20. The summed E-state index contributed by atoms with van der Waals surface area (Å²) in [5, 5.41) is 1.37. The van der Waals surface area contributed by atoms with Crippen molar-refractivity contribution in [1.82, 2.24) is 4.98 Å². The third kappa shape index (κ3) is 2.65. The van der Waals surface area contributed by atoms with Crippen LogP contribution in [0.25, 0.3) is 10.6 Å². The number of alkyl halides is 3. The second-order valence-corrected chi connectivity index (χ2v) is 4.30. The molecule has 0 saturated heterocycles. The highest BCUT2D eigenvalue weighted by atomic mass is 32.1. The number of hydrogen-bond donors (Lipinski definition) is 1. The molecule has 6 heteroatoms. The van der Waals surface area contributed by atoms with Crippen LogP contribution in [0.15, 0.2) is 29.6 Å². The molecule has 0 unspecified atom stereocenters. The zero-order valence-corrected chi connectivity index (χ0v) is 9.48. The van der Waals surface area contributed by atoms with Crippen molar-refractivity contribution in [2.75, 3.05) is 0 Å². The number of aromatic nitrogens is 1. The number of halogens is 3. The summed E-state index contributed by atoms with van der Waals surface area (Å²) >= 11 is 0.977. The lowest BCUT2D eigenvalue weighted by molar-refractivity contribution is -0.140. The van der Waals surface area contributed by atoms with E-state index in [-0.39, 0.29) is 0 Å². The average molecular weight is 258 g/mol. The molecule has 90 valence electrons. The highest BCUT2D eigenvalue weighted by Crippen LogP contribution is 2.33. The summed E-state index contributed by atoms with van der Waals surface area (Å²) in [4.78, 5) is 3.58. The van der Waals surface area contributed by atoms with E-state index in [0.717, 1.165) is 22.3 Å². The maximum atomic E-state index is 12.4. The molecule has 1 heterocycles. The molecular weight excluding hydrogens is 249 g/mol. The maximum absolute atomic E-state index is 12.4. The Morgan fingerprint density at radius 3 is 2.65 bits per heavy atom. The molecule has 0 spiro atoms. The molecule has 0 aliphatic rings. The zero-order chi connectivity index (χ0) is 12.5. The van der Waals surface area contributed by atoms with Crippen molar-refractivity contribution in [1.29, 1.82) is 0 Å². The normalized spacial score (nSPS) is 11.8. The van der Waals surface area contributed by atoms with Crippen molar-refractivity contribution in [3.8, 4) is 10.6 Å². The molecule has 0 aliphatic heterocycles. The minimum absolute atomic E-state index is 0.353. The lowest BCUT2D eigenvalue weighted by atomic mass is 10.1. The molecule has 0 amide bonds. The smallest absolute Gasteiger partial charge is 0.326 e. The number of nitrogens with zero attached hydrogens (tertiary/aromatic N) is 1. The van der Waals surface area contributed by atoms with Gasteiger partial charge in [0.05, 0.1) is 0 Å². The summed E-state index contributed by atoms with van der Waals surface area (Å²) in [6.45, 7) is 0.353. The van der Waals surface area contributed by atoms with Crippen LogP contribution >= 0.6 is 11.3 Å². The largest absolute Gasteiger partial charge is 0.434 e. The van der Waals surface area contributed by atoms with Crippen LogP contribution in [-0.2, 0) is 12.7 Å². The molecule has 0 aliphatic carbocycles. The van der Waals surface area contributed by atoms with Crippen LogP contribution in [0.1, 0.15) is 11.3 Å². The third-order valence-corrected chi connectivity index (χ3v) is 3.10. The second kappa shape index (κ2) is 4.46. The van der Waals surface area contributed by atoms with Crippen LogP contribution in [0.3, 0.4) is 0 Å². The van der Waals surface area contributed by atoms with Crippen LogP contribution in [0.2, 0.25) is 0 Å². The Morgan fingerprint density at radius 2 is 2.06 bits per heavy atom. The summed E-state index contributed by atoms with van der Waals surface area (Å²) in [5.41, 5.74) is 6.15. The lowest BCUT2D eigenvalue weighted by Gasteiger charge is -2.01. The van der Waals surface area contributed by atoms with Crippen LogP contribution in [0.5, 0.6) is 0 Å². The molecule has 2 N–H and O–H groups in total. The monoisotopic (exact) mass is 258 g/mol. The first-order chi connectivity index (χ1) is 8.00. The van der Waals surface area contributed by atoms with Crippen molar-refractivity contribution >= 4 is 11.3 Å². The van der Waals surface area contributed by atoms with Crippen LogP contribution in [-0.4, -0.2) is 4.98 Å². The molecule has 0 fully saturated rings. The summed E-state index contributed by atoms with van der Waals surface area (Å²) in [6.07, 6.45) is -4.39. The van der Waals surface area contributed by atoms with Crippen molar-refractivity contribution in [2.45, 2.75) is 12.7 Å². The van der Waals surface area contributed by atoms with Crippen molar-refractivity contribution in [3.63, 3.8) is 0 Å². The van der Waals surface area contributed by atoms with Gasteiger partial charge in [-0.1, -0.05) is 18.2 Å². The summed E-state index contributed by atoms with van der Waals surface area (Å²) in [5.74, 6) is 0. The van der Waals surface area contributed by atoms with E-state index in [4.69, 9.17) is 5.73 Å². The molecule has 2 rings (SSSR count). The first-order valence-corrected chi connectivity index (χ1v) is 5.71. The first kappa shape index (κ1) is 12.1. The van der Waals surface area contributed by atoms with Crippen molar-refractivity contribution < 1.29 is 13.2 Å². The van der Waals surface area contributed by atoms with E-state index in [1.165, 1.54) is 0 Å². The minimum Gasteiger partial charge on any atom is -0.326 e. The lowest BCUT2D eigenvalue weighted by Crippen LogP contribution is -2.04. The van der Waals surface area contributed by atoms with E-state index in [9.17, 15) is 13.2 Å². The summed E-state index contributed by atoms with van der Waals surface area (Å²) < 4.78 is 37.2. The van der Waals surface area contributed by atoms with Gasteiger partial charge in [-0.25, -0.2) is 4.98 Å². The van der Waals surface area contributed by atoms with Gasteiger partial charge in [0.1, 0.15) is 5.01 Å². The van der Waals surface area contributed by atoms with E-state index in [1.54, 1.807) is 18.2 Å². The molecule has 0 saturated carbocycles. The van der Waals surface area contributed by atoms with Crippen LogP contribution in [0.4, 0.5) is 13.2 Å². The van der Waals surface area contributed by atoms with Gasteiger partial charge in [-0.2, -0.15) is 13.2 Å². The van der Waals surface area contributed by atoms with Crippen molar-refractivity contribution in [3.05, 3.63) is 40.9 Å². The van der Waals surface area contributed by atoms with Crippen LogP contribution < -0.4 is 5.73 Å². The van der Waals surface area contributed by atoms with Gasteiger partial charge in [-0.15, -0.1) is 11.3 Å². The van der Waals surface area contributed by atoms with Gasteiger partial charge in [-0.3, -0.25) is 0 Å². The number of nitrogens with two attached hydrogens (primary N) is 1. The van der Waals surface area contributed by atoms with E-state index in [1.807, 2.05) is 6.07 Å². The number of thiazole rings is 1. The highest BCUT2D eigenvalue weighted by Gasteiger charge is 2.33. The maximum Gasteiger partial charge on any atom is 0.434 e. The minimum atomic E-state index is -4.39. The molecule has 1 aromatic heterocycles. The van der Waals surface area contributed by atoms with Crippen LogP contribution in [0, 0.1) is 0 Å². The fourth-order valence-corrected chi connectivity index (χ4v) is 2.19. The van der Waals surface area contributed by atoms with Gasteiger partial charge < -0.3 is 5.73 Å². The van der Waals surface area contributed by atoms with Crippen molar-refractivity contribution in [2.24, 2.45) is 5.73 Å². The Labute approximate surface area is 99.9 Å². The second-order valence-electron chi connectivity index (χ2n) is 3.44. The Balaban J connectivity index is 2.37. The van der Waals surface area contributed by atoms with Gasteiger partial charge in [-0.05, 0) is 11.6 Å². The molecule has 0 radical (unpaired) electrons. The summed E-state index contributed by atoms with van der Waals surface area (Å²) in [6, 6.07) is 7.05. The highest BCUT2D eigenvalue weighted by molar-refractivity contribution is 7.13. The van der Waals surface area contributed by atoms with E-state index >= 15 is 0 Å².